The number of rotatable bonds is 0. The summed E-state index contributed by atoms with van der Waals surface area (Å²) in [5.41, 5.74) is 1.91. The van der Waals surface area contributed by atoms with E-state index in [0.29, 0.717) is 0 Å². The molecule has 0 aromatic heterocycles. The van der Waals surface area contributed by atoms with E-state index in [4.69, 9.17) is 11.6 Å². The second-order valence-corrected chi connectivity index (χ2v) is 2.95. The highest BCUT2D eigenvalue weighted by Crippen LogP contribution is 2.21. The summed E-state index contributed by atoms with van der Waals surface area (Å²) in [4.78, 5) is 15.2. The first kappa shape index (κ1) is 6.80. The number of carbonyl (C=O) groups is 1. The molecule has 0 unspecified atom stereocenters. The quantitative estimate of drug-likeness (QED) is 0.503. The van der Waals surface area contributed by atoms with E-state index in [9.17, 15) is 4.79 Å². The first-order valence-corrected chi connectivity index (χ1v) is 3.82. The maximum Gasteiger partial charge on any atom is 0.197 e. The monoisotopic (exact) mass is 167 g/mol. The number of hydrogen-bond acceptors (Lipinski definition) is 2. The van der Waals surface area contributed by atoms with Gasteiger partial charge in [0, 0.05) is 6.54 Å². The van der Waals surface area contributed by atoms with Gasteiger partial charge in [-0.25, -0.2) is 0 Å². The third-order valence-electron chi connectivity index (χ3n) is 1.80. The molecule has 0 spiro atoms. The molecule has 0 amide bonds. The summed E-state index contributed by atoms with van der Waals surface area (Å²) in [6.07, 6.45) is 4.10. The smallest absolute Gasteiger partial charge is 0.197 e. The molecule has 1 aliphatic heterocycles. The molecule has 0 atom stereocenters. The van der Waals surface area contributed by atoms with Crippen molar-refractivity contribution in [2.75, 3.05) is 6.54 Å². The van der Waals surface area contributed by atoms with E-state index in [1.54, 1.807) is 12.2 Å². The first-order chi connectivity index (χ1) is 5.27. The van der Waals surface area contributed by atoms with Crippen LogP contribution in [0.5, 0.6) is 0 Å². The van der Waals surface area contributed by atoms with E-state index >= 15 is 0 Å². The molecular weight excluding hydrogens is 162 g/mol. The van der Waals surface area contributed by atoms with Crippen molar-refractivity contribution in [1.29, 1.82) is 0 Å². The summed E-state index contributed by atoms with van der Waals surface area (Å²) < 4.78 is 0. The van der Waals surface area contributed by atoms with Crippen LogP contribution < -0.4 is 0 Å². The molecule has 0 saturated carbocycles. The van der Waals surface area contributed by atoms with E-state index in [2.05, 4.69) is 4.99 Å². The van der Waals surface area contributed by atoms with Gasteiger partial charge in [-0.2, -0.15) is 0 Å². The van der Waals surface area contributed by atoms with Crippen molar-refractivity contribution in [3.8, 4) is 0 Å². The summed E-state index contributed by atoms with van der Waals surface area (Å²) in [5, 5.41) is 0.273. The number of carbonyl (C=O) groups excluding carboxylic acids is 1. The molecule has 0 fully saturated rings. The van der Waals surface area contributed by atoms with Crippen LogP contribution in [-0.2, 0) is 4.79 Å². The van der Waals surface area contributed by atoms with E-state index in [0.717, 1.165) is 24.3 Å². The molecule has 0 bridgehead atoms. The number of fused-ring (bicyclic) bond motifs is 1. The first-order valence-electron chi connectivity index (χ1n) is 3.44. The van der Waals surface area contributed by atoms with Gasteiger partial charge in [0.05, 0.1) is 10.7 Å². The van der Waals surface area contributed by atoms with Crippen LogP contribution in [0.1, 0.15) is 6.42 Å². The molecule has 2 rings (SSSR count). The maximum atomic E-state index is 11.0. The van der Waals surface area contributed by atoms with Gasteiger partial charge in [-0.1, -0.05) is 11.6 Å². The molecule has 0 N–H and O–H groups in total. The molecular formula is C8H6ClNO. The van der Waals surface area contributed by atoms with Crippen molar-refractivity contribution in [2.24, 2.45) is 4.99 Å². The van der Waals surface area contributed by atoms with Crippen molar-refractivity contribution < 1.29 is 4.79 Å². The summed E-state index contributed by atoms with van der Waals surface area (Å²) >= 11 is 5.62. The molecule has 3 heteroatoms. The number of halogens is 1. The molecule has 2 aliphatic rings. The number of hydrogen-bond donors (Lipinski definition) is 0. The fourth-order valence-corrected chi connectivity index (χ4v) is 1.39. The lowest BCUT2D eigenvalue weighted by molar-refractivity contribution is -0.110. The average molecular weight is 168 g/mol. The minimum absolute atomic E-state index is 0.0949. The second-order valence-electron chi connectivity index (χ2n) is 2.54. The Kier molecular flexibility index (Phi) is 1.43. The van der Waals surface area contributed by atoms with Crippen molar-refractivity contribution in [2.45, 2.75) is 6.42 Å². The Labute approximate surface area is 69.3 Å². The Bertz CT molecular complexity index is 312. The van der Waals surface area contributed by atoms with Gasteiger partial charge in [0.1, 0.15) is 0 Å². The topological polar surface area (TPSA) is 29.4 Å². The van der Waals surface area contributed by atoms with Crippen LogP contribution in [0.25, 0.3) is 0 Å². The molecule has 0 aromatic rings. The highest BCUT2D eigenvalue weighted by molar-refractivity contribution is 6.47. The Morgan fingerprint density at radius 3 is 3.09 bits per heavy atom. The normalized spacial score (nSPS) is 22.3. The predicted octanol–water partition coefficient (Wildman–Crippen LogP) is 1.46. The summed E-state index contributed by atoms with van der Waals surface area (Å²) in [6, 6.07) is 0. The standard InChI is InChI=1S/C8H6ClNO/c9-6-4-7-5(1-2-10-7)3-8(6)11/h3-4H,1-2H2. The highest BCUT2D eigenvalue weighted by atomic mass is 35.5. The number of aliphatic imine (C=N–C) groups is 1. The number of allylic oxidation sites excluding steroid dienone is 3. The second kappa shape index (κ2) is 2.31. The van der Waals surface area contributed by atoms with E-state index < -0.39 is 0 Å². The Balaban J connectivity index is 2.46. The minimum atomic E-state index is -0.0949. The lowest BCUT2D eigenvalue weighted by Gasteiger charge is -2.04. The van der Waals surface area contributed by atoms with Crippen LogP contribution >= 0.6 is 11.6 Å². The Morgan fingerprint density at radius 1 is 1.45 bits per heavy atom. The Morgan fingerprint density at radius 2 is 2.27 bits per heavy atom. The number of nitrogens with zero attached hydrogens (tertiary/aromatic N) is 1. The maximum absolute atomic E-state index is 11.0. The van der Waals surface area contributed by atoms with Gasteiger partial charge in [0.15, 0.2) is 5.78 Å². The fraction of sp³-hybridized carbons (Fsp3) is 0.250. The SMILES string of the molecule is O=C1C=C2CCN=C2C=C1Cl. The van der Waals surface area contributed by atoms with Gasteiger partial charge in [-0.05, 0) is 24.1 Å². The molecule has 56 valence electrons. The largest absolute Gasteiger partial charge is 0.288 e. The molecule has 2 nitrogen and oxygen atoms in total. The number of ketones is 1. The third kappa shape index (κ3) is 1.03. The van der Waals surface area contributed by atoms with Crippen LogP contribution in [0.15, 0.2) is 27.7 Å². The third-order valence-corrected chi connectivity index (χ3v) is 2.09. The van der Waals surface area contributed by atoms with E-state index in [1.165, 1.54) is 0 Å². The molecule has 0 saturated heterocycles. The summed E-state index contributed by atoms with van der Waals surface area (Å²) in [6.45, 7) is 0.787. The predicted molar refractivity (Wildman–Crippen MR) is 43.9 cm³/mol. The van der Waals surface area contributed by atoms with Gasteiger partial charge in [0.25, 0.3) is 0 Å². The molecule has 11 heavy (non-hydrogen) atoms. The van der Waals surface area contributed by atoms with Crippen LogP contribution in [0.2, 0.25) is 0 Å². The zero-order chi connectivity index (χ0) is 7.84. The lowest BCUT2D eigenvalue weighted by Crippen LogP contribution is -2.07. The molecule has 1 aliphatic carbocycles. The van der Waals surface area contributed by atoms with Crippen LogP contribution in [0, 0.1) is 0 Å². The minimum Gasteiger partial charge on any atom is -0.288 e. The van der Waals surface area contributed by atoms with Crippen molar-refractivity contribution >= 4 is 23.1 Å². The van der Waals surface area contributed by atoms with Crippen LogP contribution in [0.3, 0.4) is 0 Å². The van der Waals surface area contributed by atoms with Crippen molar-refractivity contribution in [1.82, 2.24) is 0 Å². The highest BCUT2D eigenvalue weighted by Gasteiger charge is 2.19. The fourth-order valence-electron chi connectivity index (χ4n) is 1.23. The van der Waals surface area contributed by atoms with Gasteiger partial charge < -0.3 is 0 Å². The van der Waals surface area contributed by atoms with Crippen LogP contribution in [0.4, 0.5) is 0 Å². The summed E-state index contributed by atoms with van der Waals surface area (Å²) in [7, 11) is 0. The van der Waals surface area contributed by atoms with Crippen molar-refractivity contribution in [3.05, 3.63) is 22.8 Å². The average Bonchev–Trinajstić information content (AvgIpc) is 2.36. The molecule has 1 heterocycles. The Hall–Kier alpha value is -0.890. The van der Waals surface area contributed by atoms with Crippen LogP contribution in [-0.4, -0.2) is 18.0 Å². The zero-order valence-corrected chi connectivity index (χ0v) is 6.56. The van der Waals surface area contributed by atoms with Gasteiger partial charge >= 0.3 is 0 Å². The van der Waals surface area contributed by atoms with E-state index in [-0.39, 0.29) is 10.8 Å². The van der Waals surface area contributed by atoms with Gasteiger partial charge in [-0.15, -0.1) is 0 Å². The van der Waals surface area contributed by atoms with Gasteiger partial charge in [0.2, 0.25) is 0 Å². The van der Waals surface area contributed by atoms with Gasteiger partial charge in [-0.3, -0.25) is 9.79 Å². The molecule has 0 radical (unpaired) electrons. The zero-order valence-electron chi connectivity index (χ0n) is 5.80. The van der Waals surface area contributed by atoms with Crippen molar-refractivity contribution in [3.63, 3.8) is 0 Å². The lowest BCUT2D eigenvalue weighted by atomic mass is 10.0. The summed E-state index contributed by atoms with van der Waals surface area (Å²) in [5.74, 6) is -0.0949. The van der Waals surface area contributed by atoms with E-state index in [1.807, 2.05) is 0 Å². The molecule has 0 aromatic carbocycles.